The zero-order valence-electron chi connectivity index (χ0n) is 12.4. The lowest BCUT2D eigenvalue weighted by Crippen LogP contribution is -2.25. The Hall–Kier alpha value is -1.23. The zero-order valence-corrected chi connectivity index (χ0v) is 13.1. The number of methoxy groups -OCH3 is 1. The molecule has 1 atom stereocenters. The van der Waals surface area contributed by atoms with Crippen LogP contribution in [0.1, 0.15) is 18.4 Å². The lowest BCUT2D eigenvalue weighted by atomic mass is 10.2. The highest BCUT2D eigenvalue weighted by molar-refractivity contribution is 6.32. The van der Waals surface area contributed by atoms with E-state index in [0.717, 1.165) is 38.1 Å². The van der Waals surface area contributed by atoms with E-state index in [9.17, 15) is 0 Å². The molecule has 1 aliphatic rings. The Balaban J connectivity index is 1.96. The fourth-order valence-electron chi connectivity index (χ4n) is 2.34. The number of nitrogens with one attached hydrogen (secondary N) is 1. The van der Waals surface area contributed by atoms with E-state index in [2.05, 4.69) is 11.9 Å². The van der Waals surface area contributed by atoms with Crippen molar-refractivity contribution in [3.8, 4) is 11.5 Å². The van der Waals surface area contributed by atoms with Crippen molar-refractivity contribution in [2.24, 2.45) is 0 Å². The quantitative estimate of drug-likeness (QED) is 0.749. The number of benzene rings is 1. The molecule has 2 rings (SSSR count). The molecular weight excluding hydrogens is 290 g/mol. The highest BCUT2D eigenvalue weighted by atomic mass is 35.5. The van der Waals surface area contributed by atoms with Crippen LogP contribution in [-0.2, 0) is 11.3 Å². The molecule has 5 heteroatoms. The van der Waals surface area contributed by atoms with Crippen molar-refractivity contribution in [1.82, 2.24) is 5.32 Å². The van der Waals surface area contributed by atoms with Crippen LogP contribution >= 0.6 is 11.6 Å². The van der Waals surface area contributed by atoms with Gasteiger partial charge in [-0.05, 0) is 30.5 Å². The molecule has 0 aliphatic carbocycles. The highest BCUT2D eigenvalue weighted by Crippen LogP contribution is 2.36. The summed E-state index contributed by atoms with van der Waals surface area (Å²) in [6.45, 7) is 6.47. The van der Waals surface area contributed by atoms with Gasteiger partial charge in [0.15, 0.2) is 11.5 Å². The van der Waals surface area contributed by atoms with Crippen molar-refractivity contribution >= 4 is 11.6 Å². The summed E-state index contributed by atoms with van der Waals surface area (Å²) in [5.41, 5.74) is 1.06. The van der Waals surface area contributed by atoms with Gasteiger partial charge in [0.2, 0.25) is 0 Å². The second kappa shape index (κ2) is 8.27. The molecule has 1 fully saturated rings. The summed E-state index contributed by atoms with van der Waals surface area (Å²) in [6, 6.07) is 3.83. The topological polar surface area (TPSA) is 39.7 Å². The van der Waals surface area contributed by atoms with Crippen molar-refractivity contribution < 1.29 is 14.2 Å². The standard InChI is InChI=1S/C16H22ClNO3/c1-3-6-21-16-14(17)8-12(9-15(16)19-2)10-18-11-13-5-4-7-20-13/h3,8-9,13,18H,1,4-7,10-11H2,2H3/t13-/m0/s1. The Morgan fingerprint density at radius 1 is 1.52 bits per heavy atom. The third-order valence-corrected chi connectivity index (χ3v) is 3.64. The second-order valence-electron chi connectivity index (χ2n) is 4.97. The van der Waals surface area contributed by atoms with Crippen LogP contribution in [0.4, 0.5) is 0 Å². The van der Waals surface area contributed by atoms with Crippen LogP contribution in [0.15, 0.2) is 24.8 Å². The summed E-state index contributed by atoms with van der Waals surface area (Å²) in [5.74, 6) is 1.19. The van der Waals surface area contributed by atoms with Crippen LogP contribution in [0.2, 0.25) is 5.02 Å². The largest absolute Gasteiger partial charge is 0.493 e. The van der Waals surface area contributed by atoms with Crippen molar-refractivity contribution in [3.05, 3.63) is 35.4 Å². The maximum Gasteiger partial charge on any atom is 0.180 e. The second-order valence-corrected chi connectivity index (χ2v) is 5.38. The van der Waals surface area contributed by atoms with E-state index in [4.69, 9.17) is 25.8 Å². The number of hydrogen-bond acceptors (Lipinski definition) is 4. The zero-order chi connectivity index (χ0) is 15.1. The van der Waals surface area contributed by atoms with Gasteiger partial charge in [-0.2, -0.15) is 0 Å². The summed E-state index contributed by atoms with van der Waals surface area (Å²) < 4.78 is 16.5. The van der Waals surface area contributed by atoms with E-state index in [1.807, 2.05) is 12.1 Å². The summed E-state index contributed by atoms with van der Waals surface area (Å²) in [6.07, 6.45) is 4.29. The van der Waals surface area contributed by atoms with Crippen molar-refractivity contribution in [2.75, 3.05) is 26.9 Å². The first-order chi connectivity index (χ1) is 10.2. The minimum absolute atomic E-state index is 0.331. The number of halogens is 1. The van der Waals surface area contributed by atoms with Crippen LogP contribution in [-0.4, -0.2) is 33.0 Å². The number of hydrogen-bond donors (Lipinski definition) is 1. The fourth-order valence-corrected chi connectivity index (χ4v) is 2.63. The molecule has 0 spiro atoms. The third kappa shape index (κ3) is 4.63. The molecular formula is C16H22ClNO3. The van der Waals surface area contributed by atoms with Gasteiger partial charge >= 0.3 is 0 Å². The first kappa shape index (κ1) is 16.1. The van der Waals surface area contributed by atoms with Crippen molar-refractivity contribution in [2.45, 2.75) is 25.5 Å². The smallest absolute Gasteiger partial charge is 0.180 e. The predicted octanol–water partition coefficient (Wildman–Crippen LogP) is 3.18. The minimum atomic E-state index is 0.331. The van der Waals surface area contributed by atoms with Crippen molar-refractivity contribution in [3.63, 3.8) is 0 Å². The van der Waals surface area contributed by atoms with Gasteiger partial charge < -0.3 is 19.5 Å². The Morgan fingerprint density at radius 3 is 3.05 bits per heavy atom. The molecule has 1 aromatic carbocycles. The molecule has 0 amide bonds. The third-order valence-electron chi connectivity index (χ3n) is 3.36. The highest BCUT2D eigenvalue weighted by Gasteiger charge is 2.15. The summed E-state index contributed by atoms with van der Waals surface area (Å²) in [7, 11) is 1.61. The average Bonchev–Trinajstić information content (AvgIpc) is 2.99. The molecule has 0 saturated carbocycles. The molecule has 116 valence electrons. The van der Waals surface area contributed by atoms with Crippen LogP contribution in [0.5, 0.6) is 11.5 Å². The van der Waals surface area contributed by atoms with Gasteiger partial charge in [0.25, 0.3) is 0 Å². The van der Waals surface area contributed by atoms with Crippen LogP contribution in [0.25, 0.3) is 0 Å². The van der Waals surface area contributed by atoms with Gasteiger partial charge in [0.1, 0.15) is 6.61 Å². The maximum atomic E-state index is 6.26. The first-order valence-electron chi connectivity index (χ1n) is 7.17. The van der Waals surface area contributed by atoms with Gasteiger partial charge in [0.05, 0.1) is 18.2 Å². The maximum absolute atomic E-state index is 6.26. The summed E-state index contributed by atoms with van der Waals surface area (Å²) in [5, 5.41) is 3.94. The normalized spacial score (nSPS) is 17.7. The summed E-state index contributed by atoms with van der Waals surface area (Å²) in [4.78, 5) is 0. The van der Waals surface area contributed by atoms with Gasteiger partial charge in [-0.1, -0.05) is 24.3 Å². The van der Waals surface area contributed by atoms with Gasteiger partial charge in [0, 0.05) is 19.7 Å². The van der Waals surface area contributed by atoms with Crippen LogP contribution < -0.4 is 14.8 Å². The Morgan fingerprint density at radius 2 is 2.38 bits per heavy atom. The number of rotatable bonds is 8. The molecule has 1 saturated heterocycles. The van der Waals surface area contributed by atoms with E-state index in [1.54, 1.807) is 13.2 Å². The van der Waals surface area contributed by atoms with Gasteiger partial charge in [-0.15, -0.1) is 0 Å². The SMILES string of the molecule is C=CCOc1c(Cl)cc(CNC[C@@H]2CCCO2)cc1OC. The summed E-state index contributed by atoms with van der Waals surface area (Å²) >= 11 is 6.26. The molecule has 1 aliphatic heterocycles. The molecule has 0 radical (unpaired) electrons. The Kier molecular flexibility index (Phi) is 6.36. The Bertz CT molecular complexity index is 473. The molecule has 1 N–H and O–H groups in total. The lowest BCUT2D eigenvalue weighted by Gasteiger charge is -2.14. The average molecular weight is 312 g/mol. The van der Waals surface area contributed by atoms with Crippen LogP contribution in [0, 0.1) is 0 Å². The van der Waals surface area contributed by atoms with Crippen LogP contribution in [0.3, 0.4) is 0 Å². The molecule has 1 heterocycles. The molecule has 0 aromatic heterocycles. The minimum Gasteiger partial charge on any atom is -0.493 e. The van der Waals surface area contributed by atoms with E-state index < -0.39 is 0 Å². The van der Waals surface area contributed by atoms with E-state index >= 15 is 0 Å². The Labute approximate surface area is 131 Å². The first-order valence-corrected chi connectivity index (χ1v) is 7.54. The molecule has 0 bridgehead atoms. The molecule has 0 unspecified atom stereocenters. The molecule has 21 heavy (non-hydrogen) atoms. The lowest BCUT2D eigenvalue weighted by molar-refractivity contribution is 0.110. The van der Waals surface area contributed by atoms with Crippen molar-refractivity contribution in [1.29, 1.82) is 0 Å². The monoisotopic (exact) mass is 311 g/mol. The fraction of sp³-hybridized carbons (Fsp3) is 0.500. The van der Waals surface area contributed by atoms with Gasteiger partial charge in [-0.3, -0.25) is 0 Å². The van der Waals surface area contributed by atoms with Gasteiger partial charge in [-0.25, -0.2) is 0 Å². The molecule has 1 aromatic rings. The van der Waals surface area contributed by atoms with E-state index in [1.165, 1.54) is 0 Å². The van der Waals surface area contributed by atoms with E-state index in [0.29, 0.717) is 29.2 Å². The number of ether oxygens (including phenoxy) is 3. The van der Waals surface area contributed by atoms with E-state index in [-0.39, 0.29) is 0 Å². The molecule has 4 nitrogen and oxygen atoms in total. The predicted molar refractivity (Wildman–Crippen MR) is 84.4 cm³/mol.